The number of aromatic nitrogens is 3. The van der Waals surface area contributed by atoms with E-state index < -0.39 is 28.7 Å². The zero-order valence-electron chi connectivity index (χ0n) is 16.4. The van der Waals surface area contributed by atoms with Crippen molar-refractivity contribution in [3.63, 3.8) is 0 Å². The van der Waals surface area contributed by atoms with Crippen molar-refractivity contribution >= 4 is 17.5 Å². The third-order valence-corrected chi connectivity index (χ3v) is 4.81. The number of nitrogens with zero attached hydrogens (tertiary/aromatic N) is 3. The average molecular weight is 431 g/mol. The van der Waals surface area contributed by atoms with Gasteiger partial charge in [-0.2, -0.15) is 9.78 Å². The molecular weight excluding hydrogens is 411 g/mol. The molecule has 0 fully saturated rings. The molecule has 2 aromatic carbocycles. The predicted molar refractivity (Wildman–Crippen MR) is 112 cm³/mol. The van der Waals surface area contributed by atoms with Crippen LogP contribution in [0, 0.1) is 5.82 Å². The van der Waals surface area contributed by atoms with Crippen LogP contribution in [-0.4, -0.2) is 26.3 Å². The van der Waals surface area contributed by atoms with Gasteiger partial charge in [0.25, 0.3) is 11.5 Å². The lowest BCUT2D eigenvalue weighted by atomic mass is 10.2. The van der Waals surface area contributed by atoms with Crippen LogP contribution in [0.3, 0.4) is 0 Å². The predicted octanol–water partition coefficient (Wildman–Crippen LogP) is 2.76. The Hall–Kier alpha value is -3.26. The third kappa shape index (κ3) is 4.49. The lowest BCUT2D eigenvalue weighted by molar-refractivity contribution is 0.0929. The molecule has 3 rings (SSSR count). The summed E-state index contributed by atoms with van der Waals surface area (Å²) >= 11 is 6.00. The van der Waals surface area contributed by atoms with Crippen molar-refractivity contribution in [2.24, 2.45) is 0 Å². The number of carbonyl (C=O) groups is 1. The summed E-state index contributed by atoms with van der Waals surface area (Å²) in [6, 6.07) is 11.9. The molecule has 1 unspecified atom stereocenters. The van der Waals surface area contributed by atoms with Gasteiger partial charge < -0.3 is 5.32 Å². The summed E-state index contributed by atoms with van der Waals surface area (Å²) in [6.07, 6.45) is 0.634. The van der Waals surface area contributed by atoms with Crippen LogP contribution in [0.5, 0.6) is 0 Å². The second-order valence-electron chi connectivity index (χ2n) is 6.80. The van der Waals surface area contributed by atoms with Gasteiger partial charge in [0.15, 0.2) is 0 Å². The number of amides is 1. The number of hydrogen-bond donors (Lipinski definition) is 1. The van der Waals surface area contributed by atoms with E-state index in [0.717, 1.165) is 15.3 Å². The summed E-state index contributed by atoms with van der Waals surface area (Å²) in [5, 5.41) is 6.99. The Morgan fingerprint density at radius 1 is 1.20 bits per heavy atom. The molecule has 0 aliphatic rings. The Labute approximate surface area is 176 Å². The maximum absolute atomic E-state index is 14.4. The Morgan fingerprint density at radius 3 is 2.60 bits per heavy atom. The van der Waals surface area contributed by atoms with Crippen molar-refractivity contribution in [2.45, 2.75) is 32.9 Å². The fraction of sp³-hybridized carbons (Fsp3) is 0.238. The largest absolute Gasteiger partial charge is 0.352 e. The quantitative estimate of drug-likeness (QED) is 0.651. The smallest absolute Gasteiger partial charge is 0.348 e. The first-order valence-corrected chi connectivity index (χ1v) is 9.74. The van der Waals surface area contributed by atoms with Gasteiger partial charge in [0.05, 0.1) is 6.54 Å². The molecule has 9 heteroatoms. The molecule has 30 heavy (non-hydrogen) atoms. The van der Waals surface area contributed by atoms with Gasteiger partial charge in [-0.05, 0) is 43.2 Å². The Bertz CT molecular complexity index is 1210. The minimum Gasteiger partial charge on any atom is -0.348 e. The van der Waals surface area contributed by atoms with Crippen LogP contribution in [0.4, 0.5) is 4.39 Å². The van der Waals surface area contributed by atoms with E-state index in [0.29, 0.717) is 17.0 Å². The molecule has 1 N–H and O–H groups in total. The van der Waals surface area contributed by atoms with Gasteiger partial charge in [0.1, 0.15) is 11.5 Å². The number of nitrogens with one attached hydrogen (secondary N) is 1. The lowest BCUT2D eigenvalue weighted by Gasteiger charge is -2.14. The van der Waals surface area contributed by atoms with E-state index in [4.69, 9.17) is 11.6 Å². The van der Waals surface area contributed by atoms with Gasteiger partial charge in [-0.1, -0.05) is 42.8 Å². The highest BCUT2D eigenvalue weighted by molar-refractivity contribution is 6.30. The molecule has 7 nitrogen and oxygen atoms in total. The van der Waals surface area contributed by atoms with Crippen LogP contribution >= 0.6 is 11.6 Å². The summed E-state index contributed by atoms with van der Waals surface area (Å²) in [6.45, 7) is 3.49. The average Bonchev–Trinajstić information content (AvgIpc) is 2.72. The summed E-state index contributed by atoms with van der Waals surface area (Å²) < 4.78 is 15.9. The zero-order chi connectivity index (χ0) is 21.8. The van der Waals surface area contributed by atoms with Crippen molar-refractivity contribution in [3.05, 3.63) is 91.5 Å². The van der Waals surface area contributed by atoms with Crippen LogP contribution in [0.15, 0.2) is 58.1 Å². The molecule has 1 heterocycles. The molecular formula is C21H20ClFN4O3. The number of benzene rings is 2. The van der Waals surface area contributed by atoms with Gasteiger partial charge in [0.2, 0.25) is 5.69 Å². The minimum absolute atomic E-state index is 0.154. The summed E-state index contributed by atoms with van der Waals surface area (Å²) in [5.41, 5.74) is -1.83. The topological polar surface area (TPSA) is 86.0 Å². The van der Waals surface area contributed by atoms with Gasteiger partial charge in [-0.3, -0.25) is 14.2 Å². The lowest BCUT2D eigenvalue weighted by Crippen LogP contribution is -2.47. The number of rotatable bonds is 6. The molecule has 1 aromatic heterocycles. The molecule has 156 valence electrons. The highest BCUT2D eigenvalue weighted by atomic mass is 35.5. The third-order valence-electron chi connectivity index (χ3n) is 4.58. The number of halogens is 2. The fourth-order valence-electron chi connectivity index (χ4n) is 2.79. The standard InChI is InChI=1S/C21H20ClFN4O3/c1-3-13(2)24-19(28)18-20(29)26(12-14-7-6-8-15(22)11-14)21(30)27(25-18)17-10-5-4-9-16(17)23/h4-11,13H,3,12H2,1-2H3,(H,24,28). The van der Waals surface area contributed by atoms with E-state index in [9.17, 15) is 18.8 Å². The molecule has 0 saturated heterocycles. The Kier molecular flexibility index (Phi) is 6.47. The monoisotopic (exact) mass is 430 g/mol. The number of hydrogen-bond acceptors (Lipinski definition) is 4. The first kappa shape index (κ1) is 21.4. The van der Waals surface area contributed by atoms with Gasteiger partial charge in [0, 0.05) is 11.1 Å². The van der Waals surface area contributed by atoms with E-state index in [-0.39, 0.29) is 18.3 Å². The summed E-state index contributed by atoms with van der Waals surface area (Å²) in [5.74, 6) is -1.45. The maximum Gasteiger partial charge on any atom is 0.352 e. The van der Waals surface area contributed by atoms with Crippen LogP contribution in [-0.2, 0) is 6.54 Å². The maximum atomic E-state index is 14.4. The second kappa shape index (κ2) is 9.04. The van der Waals surface area contributed by atoms with E-state index in [1.807, 2.05) is 6.92 Å². The number of para-hydroxylation sites is 1. The summed E-state index contributed by atoms with van der Waals surface area (Å²) in [4.78, 5) is 38.6. The van der Waals surface area contributed by atoms with E-state index in [2.05, 4.69) is 10.4 Å². The molecule has 0 saturated carbocycles. The van der Waals surface area contributed by atoms with Gasteiger partial charge >= 0.3 is 5.69 Å². The Balaban J connectivity index is 2.22. The van der Waals surface area contributed by atoms with Crippen molar-refractivity contribution in [3.8, 4) is 5.69 Å². The van der Waals surface area contributed by atoms with Crippen LogP contribution < -0.4 is 16.6 Å². The highest BCUT2D eigenvalue weighted by Crippen LogP contribution is 2.12. The van der Waals surface area contributed by atoms with Crippen molar-refractivity contribution in [1.82, 2.24) is 19.7 Å². The Morgan fingerprint density at radius 2 is 1.93 bits per heavy atom. The molecule has 0 bridgehead atoms. The first-order chi connectivity index (χ1) is 14.3. The zero-order valence-corrected chi connectivity index (χ0v) is 17.2. The summed E-state index contributed by atoms with van der Waals surface area (Å²) in [7, 11) is 0. The molecule has 1 amide bonds. The minimum atomic E-state index is -0.870. The molecule has 0 radical (unpaired) electrons. The molecule has 0 spiro atoms. The van der Waals surface area contributed by atoms with Crippen molar-refractivity contribution < 1.29 is 9.18 Å². The number of carbonyl (C=O) groups excluding carboxylic acids is 1. The van der Waals surface area contributed by atoms with E-state index >= 15 is 0 Å². The van der Waals surface area contributed by atoms with Crippen molar-refractivity contribution in [1.29, 1.82) is 0 Å². The second-order valence-corrected chi connectivity index (χ2v) is 7.23. The fourth-order valence-corrected chi connectivity index (χ4v) is 3.00. The molecule has 0 aliphatic carbocycles. The first-order valence-electron chi connectivity index (χ1n) is 9.36. The van der Waals surface area contributed by atoms with Crippen molar-refractivity contribution in [2.75, 3.05) is 0 Å². The SMILES string of the molecule is CCC(C)NC(=O)c1nn(-c2ccccc2F)c(=O)n(Cc2cccc(Cl)c2)c1=O. The molecule has 1 atom stereocenters. The highest BCUT2D eigenvalue weighted by Gasteiger charge is 2.22. The van der Waals surface area contributed by atoms with Crippen LogP contribution in [0.1, 0.15) is 36.3 Å². The molecule has 3 aromatic rings. The normalized spacial score (nSPS) is 11.9. The molecule has 0 aliphatic heterocycles. The van der Waals surface area contributed by atoms with Crippen LogP contribution in [0.25, 0.3) is 5.69 Å². The van der Waals surface area contributed by atoms with Gasteiger partial charge in [-0.25, -0.2) is 9.18 Å². The van der Waals surface area contributed by atoms with Gasteiger partial charge in [-0.15, -0.1) is 0 Å². The van der Waals surface area contributed by atoms with E-state index in [1.165, 1.54) is 18.2 Å². The van der Waals surface area contributed by atoms with E-state index in [1.54, 1.807) is 31.2 Å². The van der Waals surface area contributed by atoms with Crippen LogP contribution in [0.2, 0.25) is 5.02 Å².